The molecule has 0 aliphatic carbocycles. The molecule has 1 N–H and O–H groups in total. The van der Waals surface area contributed by atoms with Crippen LogP contribution in [-0.2, 0) is 11.0 Å². The topological polar surface area (TPSA) is 45.2 Å². The molecular formula is C22H18F3N3O. The quantitative estimate of drug-likeness (QED) is 0.622. The summed E-state index contributed by atoms with van der Waals surface area (Å²) >= 11 is 0. The summed E-state index contributed by atoms with van der Waals surface area (Å²) in [6, 6.07) is 14.0. The summed E-state index contributed by atoms with van der Waals surface area (Å²) in [6.07, 6.45) is -0.430. The van der Waals surface area contributed by atoms with E-state index in [2.05, 4.69) is 15.2 Å². The van der Waals surface area contributed by atoms with E-state index in [-0.39, 0.29) is 5.91 Å². The first-order valence-electron chi connectivity index (χ1n) is 9.21. The SMILES string of the molecule is O=C(C=Cc1ccc(C(F)(F)F)cc1)Nc1ccc2nc(N3CCC3)ccc2c1. The van der Waals surface area contributed by atoms with Crippen LogP contribution < -0.4 is 10.2 Å². The van der Waals surface area contributed by atoms with E-state index in [0.29, 0.717) is 11.3 Å². The Bertz CT molecular complexity index is 1070. The summed E-state index contributed by atoms with van der Waals surface area (Å²) in [6.45, 7) is 2.05. The number of carbonyl (C=O) groups is 1. The number of nitrogens with zero attached hydrogens (tertiary/aromatic N) is 2. The van der Waals surface area contributed by atoms with E-state index in [1.54, 1.807) is 6.07 Å². The first-order valence-corrected chi connectivity index (χ1v) is 9.21. The summed E-state index contributed by atoms with van der Waals surface area (Å²) in [4.78, 5) is 19.0. The van der Waals surface area contributed by atoms with E-state index in [1.165, 1.54) is 30.7 Å². The Morgan fingerprint density at radius 1 is 1.03 bits per heavy atom. The Hall–Kier alpha value is -3.35. The van der Waals surface area contributed by atoms with Crippen molar-refractivity contribution in [3.8, 4) is 0 Å². The minimum atomic E-state index is -4.37. The zero-order chi connectivity index (χ0) is 20.4. The second kappa shape index (κ2) is 7.58. The maximum Gasteiger partial charge on any atom is 0.416 e. The number of amides is 1. The second-order valence-corrected chi connectivity index (χ2v) is 6.86. The van der Waals surface area contributed by atoms with Crippen LogP contribution in [-0.4, -0.2) is 24.0 Å². The molecule has 1 saturated heterocycles. The molecule has 1 amide bonds. The van der Waals surface area contributed by atoms with Crippen molar-refractivity contribution >= 4 is 34.4 Å². The number of carbonyl (C=O) groups excluding carboxylic acids is 1. The number of hydrogen-bond acceptors (Lipinski definition) is 3. The summed E-state index contributed by atoms with van der Waals surface area (Å²) in [5.74, 6) is 0.592. The molecule has 4 rings (SSSR count). The van der Waals surface area contributed by atoms with Crippen LogP contribution in [0.4, 0.5) is 24.7 Å². The Morgan fingerprint density at radius 2 is 1.79 bits per heavy atom. The minimum absolute atomic E-state index is 0.366. The van der Waals surface area contributed by atoms with Crippen molar-refractivity contribution in [3.63, 3.8) is 0 Å². The van der Waals surface area contributed by atoms with Gasteiger partial charge in [0, 0.05) is 30.2 Å². The van der Waals surface area contributed by atoms with Gasteiger partial charge >= 0.3 is 6.18 Å². The van der Waals surface area contributed by atoms with Crippen LogP contribution in [0.2, 0.25) is 0 Å². The van der Waals surface area contributed by atoms with Gasteiger partial charge in [-0.15, -0.1) is 0 Å². The number of alkyl halides is 3. The van der Waals surface area contributed by atoms with E-state index in [1.807, 2.05) is 24.3 Å². The smallest absolute Gasteiger partial charge is 0.356 e. The Morgan fingerprint density at radius 3 is 2.45 bits per heavy atom. The third-order valence-corrected chi connectivity index (χ3v) is 4.79. The van der Waals surface area contributed by atoms with Crippen LogP contribution in [0.25, 0.3) is 17.0 Å². The molecule has 3 aromatic rings. The molecule has 0 radical (unpaired) electrons. The lowest BCUT2D eigenvalue weighted by Gasteiger charge is -2.32. The lowest BCUT2D eigenvalue weighted by atomic mass is 10.1. The molecule has 0 saturated carbocycles. The van der Waals surface area contributed by atoms with Gasteiger partial charge in [-0.05, 0) is 60.5 Å². The molecule has 0 bridgehead atoms. The van der Waals surface area contributed by atoms with Gasteiger partial charge in [-0.25, -0.2) is 4.98 Å². The summed E-state index contributed by atoms with van der Waals surface area (Å²) in [7, 11) is 0. The second-order valence-electron chi connectivity index (χ2n) is 6.86. The number of nitrogens with one attached hydrogen (secondary N) is 1. The highest BCUT2D eigenvalue weighted by molar-refractivity contribution is 6.03. The first-order chi connectivity index (χ1) is 13.9. The van der Waals surface area contributed by atoms with Crippen LogP contribution in [0, 0.1) is 0 Å². The maximum atomic E-state index is 12.6. The number of fused-ring (bicyclic) bond motifs is 1. The Balaban J connectivity index is 1.42. The first kappa shape index (κ1) is 19.0. The molecule has 1 aromatic heterocycles. The lowest BCUT2D eigenvalue weighted by Crippen LogP contribution is -2.37. The molecule has 0 spiro atoms. The highest BCUT2D eigenvalue weighted by atomic mass is 19.4. The van der Waals surface area contributed by atoms with Crippen molar-refractivity contribution in [2.24, 2.45) is 0 Å². The number of aromatic nitrogens is 1. The van der Waals surface area contributed by atoms with Gasteiger partial charge in [0.05, 0.1) is 11.1 Å². The molecular weight excluding hydrogens is 379 g/mol. The number of halogens is 3. The van der Waals surface area contributed by atoms with Gasteiger partial charge in [0.1, 0.15) is 5.82 Å². The van der Waals surface area contributed by atoms with Crippen molar-refractivity contribution in [2.75, 3.05) is 23.3 Å². The van der Waals surface area contributed by atoms with Crippen molar-refractivity contribution in [3.05, 3.63) is 71.8 Å². The molecule has 148 valence electrons. The zero-order valence-electron chi connectivity index (χ0n) is 15.4. The van der Waals surface area contributed by atoms with E-state index in [9.17, 15) is 18.0 Å². The molecule has 1 aliphatic rings. The summed E-state index contributed by atoms with van der Waals surface area (Å²) in [5, 5.41) is 3.67. The Kier molecular flexibility index (Phi) is 4.96. The monoisotopic (exact) mass is 397 g/mol. The number of anilines is 2. The van der Waals surface area contributed by atoms with Crippen LogP contribution in [0.5, 0.6) is 0 Å². The average Bonchev–Trinajstić information content (AvgIpc) is 2.65. The highest BCUT2D eigenvalue weighted by Gasteiger charge is 2.29. The largest absolute Gasteiger partial charge is 0.416 e. The van der Waals surface area contributed by atoms with Gasteiger partial charge in [0.2, 0.25) is 5.91 Å². The average molecular weight is 397 g/mol. The molecule has 4 nitrogen and oxygen atoms in total. The van der Waals surface area contributed by atoms with Gasteiger partial charge in [-0.3, -0.25) is 4.79 Å². The summed E-state index contributed by atoms with van der Waals surface area (Å²) in [5.41, 5.74) is 1.27. The molecule has 2 aromatic carbocycles. The van der Waals surface area contributed by atoms with Crippen LogP contribution >= 0.6 is 0 Å². The maximum absolute atomic E-state index is 12.6. The van der Waals surface area contributed by atoms with Crippen LogP contribution in [0.3, 0.4) is 0 Å². The fourth-order valence-electron chi connectivity index (χ4n) is 3.05. The molecule has 0 unspecified atom stereocenters. The predicted molar refractivity (Wildman–Crippen MR) is 108 cm³/mol. The summed E-state index contributed by atoms with van der Waals surface area (Å²) < 4.78 is 37.7. The van der Waals surface area contributed by atoms with Gasteiger partial charge in [-0.2, -0.15) is 13.2 Å². The highest BCUT2D eigenvalue weighted by Crippen LogP contribution is 2.29. The van der Waals surface area contributed by atoms with E-state index in [4.69, 9.17) is 0 Å². The normalized spacial score (nSPS) is 14.2. The van der Waals surface area contributed by atoms with Crippen molar-refractivity contribution in [1.29, 1.82) is 0 Å². The molecule has 0 atom stereocenters. The Labute approximate surface area is 165 Å². The van der Waals surface area contributed by atoms with Crippen molar-refractivity contribution < 1.29 is 18.0 Å². The third-order valence-electron chi connectivity index (χ3n) is 4.79. The standard InChI is InChI=1S/C22H18F3N3O/c23-22(24,25)17-6-2-15(3-7-17)4-11-21(29)26-18-8-9-19-16(14-18)5-10-20(27-19)28-12-1-13-28/h2-11,14H,1,12-13H2,(H,26,29). The molecule has 7 heteroatoms. The third kappa shape index (κ3) is 4.39. The number of pyridine rings is 1. The molecule has 1 aliphatic heterocycles. The number of rotatable bonds is 4. The van der Waals surface area contributed by atoms with E-state index in [0.717, 1.165) is 41.9 Å². The van der Waals surface area contributed by atoms with E-state index >= 15 is 0 Å². The number of hydrogen-bond donors (Lipinski definition) is 1. The van der Waals surface area contributed by atoms with Gasteiger partial charge < -0.3 is 10.2 Å². The zero-order valence-corrected chi connectivity index (χ0v) is 15.4. The van der Waals surface area contributed by atoms with Gasteiger partial charge in [0.25, 0.3) is 0 Å². The van der Waals surface area contributed by atoms with E-state index < -0.39 is 11.7 Å². The fourth-order valence-corrected chi connectivity index (χ4v) is 3.05. The number of benzene rings is 2. The lowest BCUT2D eigenvalue weighted by molar-refractivity contribution is -0.137. The van der Waals surface area contributed by atoms with Gasteiger partial charge in [-0.1, -0.05) is 12.1 Å². The van der Waals surface area contributed by atoms with Crippen molar-refractivity contribution in [2.45, 2.75) is 12.6 Å². The molecule has 1 fully saturated rings. The predicted octanol–water partition coefficient (Wildman–Crippen LogP) is 5.12. The molecule has 29 heavy (non-hydrogen) atoms. The van der Waals surface area contributed by atoms with Crippen LogP contribution in [0.1, 0.15) is 17.5 Å². The molecule has 2 heterocycles. The fraction of sp³-hybridized carbons (Fsp3) is 0.182. The van der Waals surface area contributed by atoms with Crippen LogP contribution in [0.15, 0.2) is 60.7 Å². The minimum Gasteiger partial charge on any atom is -0.356 e. The van der Waals surface area contributed by atoms with Crippen molar-refractivity contribution in [1.82, 2.24) is 4.98 Å². The van der Waals surface area contributed by atoms with Gasteiger partial charge in [0.15, 0.2) is 0 Å².